The molecule has 0 fully saturated rings. The van der Waals surface area contributed by atoms with Crippen LogP contribution in [-0.4, -0.2) is 25.3 Å². The molecule has 0 amide bonds. The Morgan fingerprint density at radius 3 is 2.53 bits per heavy atom. The van der Waals surface area contributed by atoms with Crippen LogP contribution in [0.4, 0.5) is 0 Å². The normalized spacial score (nSPS) is 14.7. The zero-order valence-corrected chi connectivity index (χ0v) is 10.2. The van der Waals surface area contributed by atoms with E-state index >= 15 is 0 Å². The summed E-state index contributed by atoms with van der Waals surface area (Å²) in [6.07, 6.45) is 2.42. The minimum atomic E-state index is -0.634. The Balaban J connectivity index is 4.18. The highest BCUT2D eigenvalue weighted by atomic mass is 16.5. The summed E-state index contributed by atoms with van der Waals surface area (Å²) in [4.78, 5) is 11.6. The molecule has 0 aliphatic rings. The molecule has 0 aromatic carbocycles. The number of rotatable bonds is 7. The molecule has 0 spiro atoms. The maximum Gasteiger partial charge on any atom is 0.315 e. The molecular formula is C12H22O3. The lowest BCUT2D eigenvalue weighted by atomic mass is 9.87. The largest absolute Gasteiger partial charge is 0.465 e. The lowest BCUT2D eigenvalue weighted by Gasteiger charge is -2.23. The fraction of sp³-hybridized carbons (Fsp3) is 0.750. The van der Waals surface area contributed by atoms with Crippen LogP contribution in [0.3, 0.4) is 0 Å². The first-order valence-corrected chi connectivity index (χ1v) is 5.38. The molecule has 0 aromatic heterocycles. The molecule has 1 unspecified atom stereocenters. The molecule has 0 saturated heterocycles. The van der Waals surface area contributed by atoms with Crippen molar-refractivity contribution < 1.29 is 14.3 Å². The van der Waals surface area contributed by atoms with Gasteiger partial charge in [0.1, 0.15) is 0 Å². The lowest BCUT2D eigenvalue weighted by Crippen LogP contribution is -2.29. The van der Waals surface area contributed by atoms with Gasteiger partial charge >= 0.3 is 5.97 Å². The summed E-state index contributed by atoms with van der Waals surface area (Å²) in [6.45, 7) is 12.2. The van der Waals surface area contributed by atoms with Gasteiger partial charge in [-0.25, -0.2) is 0 Å². The first kappa shape index (κ1) is 14.2. The summed E-state index contributed by atoms with van der Waals surface area (Å²) in [5, 5.41) is 0. The summed E-state index contributed by atoms with van der Waals surface area (Å²) in [5.41, 5.74) is -0.634. The minimum Gasteiger partial charge on any atom is -0.465 e. The van der Waals surface area contributed by atoms with Crippen molar-refractivity contribution in [1.29, 1.82) is 0 Å². The quantitative estimate of drug-likeness (QED) is 0.482. The van der Waals surface area contributed by atoms with Crippen LogP contribution in [0.2, 0.25) is 0 Å². The van der Waals surface area contributed by atoms with E-state index in [1.165, 1.54) is 0 Å². The summed E-state index contributed by atoms with van der Waals surface area (Å²) in [7, 11) is 0. The van der Waals surface area contributed by atoms with Crippen LogP contribution in [0.5, 0.6) is 0 Å². The van der Waals surface area contributed by atoms with Crippen molar-refractivity contribution in [3.63, 3.8) is 0 Å². The Labute approximate surface area is 92.5 Å². The average Bonchev–Trinajstić information content (AvgIpc) is 2.17. The van der Waals surface area contributed by atoms with Crippen molar-refractivity contribution >= 4 is 5.97 Å². The van der Waals surface area contributed by atoms with Crippen LogP contribution in [0.1, 0.15) is 34.1 Å². The van der Waals surface area contributed by atoms with Gasteiger partial charge in [-0.15, -0.1) is 6.58 Å². The highest BCUT2D eigenvalue weighted by Gasteiger charge is 2.31. The number of carbonyl (C=O) groups is 1. The van der Waals surface area contributed by atoms with E-state index in [1.54, 1.807) is 13.0 Å². The SMILES string of the molecule is C=CC(C)(CCOC(C)C)C(=O)OCC. The van der Waals surface area contributed by atoms with E-state index in [0.29, 0.717) is 19.6 Å². The van der Waals surface area contributed by atoms with E-state index in [1.807, 2.05) is 20.8 Å². The van der Waals surface area contributed by atoms with E-state index in [4.69, 9.17) is 9.47 Å². The Morgan fingerprint density at radius 2 is 2.13 bits per heavy atom. The Kier molecular flexibility index (Phi) is 6.25. The molecule has 0 bridgehead atoms. The average molecular weight is 214 g/mol. The molecule has 0 aromatic rings. The van der Waals surface area contributed by atoms with Gasteiger partial charge in [0.15, 0.2) is 0 Å². The molecule has 0 aliphatic heterocycles. The second-order valence-corrected chi connectivity index (χ2v) is 4.01. The first-order chi connectivity index (χ1) is 6.96. The molecule has 0 N–H and O–H groups in total. The zero-order valence-electron chi connectivity index (χ0n) is 10.2. The molecule has 0 saturated carbocycles. The fourth-order valence-corrected chi connectivity index (χ4v) is 1.09. The summed E-state index contributed by atoms with van der Waals surface area (Å²) in [5.74, 6) is -0.229. The number of ether oxygens (including phenoxy) is 2. The third-order valence-corrected chi connectivity index (χ3v) is 2.26. The van der Waals surface area contributed by atoms with E-state index in [9.17, 15) is 4.79 Å². The van der Waals surface area contributed by atoms with Gasteiger partial charge in [0.25, 0.3) is 0 Å². The first-order valence-electron chi connectivity index (χ1n) is 5.38. The summed E-state index contributed by atoms with van der Waals surface area (Å²) >= 11 is 0. The molecular weight excluding hydrogens is 192 g/mol. The van der Waals surface area contributed by atoms with Crippen molar-refractivity contribution in [1.82, 2.24) is 0 Å². The Hall–Kier alpha value is -0.830. The molecule has 0 rings (SSSR count). The second-order valence-electron chi connectivity index (χ2n) is 4.01. The maximum absolute atomic E-state index is 11.6. The third-order valence-electron chi connectivity index (χ3n) is 2.26. The van der Waals surface area contributed by atoms with Crippen LogP contribution in [-0.2, 0) is 14.3 Å². The molecule has 88 valence electrons. The number of esters is 1. The zero-order chi connectivity index (χ0) is 11.9. The Bertz CT molecular complexity index is 211. The third kappa shape index (κ3) is 4.98. The van der Waals surface area contributed by atoms with Crippen molar-refractivity contribution in [2.45, 2.75) is 40.2 Å². The highest BCUT2D eigenvalue weighted by molar-refractivity contribution is 5.78. The van der Waals surface area contributed by atoms with Crippen LogP contribution >= 0.6 is 0 Å². The molecule has 15 heavy (non-hydrogen) atoms. The molecule has 3 nitrogen and oxygen atoms in total. The van der Waals surface area contributed by atoms with Gasteiger partial charge in [0, 0.05) is 6.61 Å². The Morgan fingerprint density at radius 1 is 1.53 bits per heavy atom. The van der Waals surface area contributed by atoms with Gasteiger partial charge in [-0.1, -0.05) is 6.08 Å². The molecule has 0 radical (unpaired) electrons. The predicted octanol–water partition coefficient (Wildman–Crippen LogP) is 2.56. The minimum absolute atomic E-state index is 0.182. The summed E-state index contributed by atoms with van der Waals surface area (Å²) in [6, 6.07) is 0. The van der Waals surface area contributed by atoms with Gasteiger partial charge < -0.3 is 9.47 Å². The van der Waals surface area contributed by atoms with Gasteiger partial charge in [-0.05, 0) is 34.1 Å². The van der Waals surface area contributed by atoms with Crippen molar-refractivity contribution in [2.24, 2.45) is 5.41 Å². The molecule has 1 atom stereocenters. The predicted molar refractivity (Wildman–Crippen MR) is 60.6 cm³/mol. The van der Waals surface area contributed by atoms with Gasteiger partial charge in [-0.2, -0.15) is 0 Å². The highest BCUT2D eigenvalue weighted by Crippen LogP contribution is 2.24. The van der Waals surface area contributed by atoms with Crippen molar-refractivity contribution in [3.05, 3.63) is 12.7 Å². The van der Waals surface area contributed by atoms with Crippen molar-refractivity contribution in [2.75, 3.05) is 13.2 Å². The van der Waals surface area contributed by atoms with E-state index in [-0.39, 0.29) is 12.1 Å². The topological polar surface area (TPSA) is 35.5 Å². The second kappa shape index (κ2) is 6.62. The van der Waals surface area contributed by atoms with Crippen molar-refractivity contribution in [3.8, 4) is 0 Å². The molecule has 0 heterocycles. The summed E-state index contributed by atoms with van der Waals surface area (Å²) < 4.78 is 10.4. The lowest BCUT2D eigenvalue weighted by molar-refractivity contribution is -0.152. The van der Waals surface area contributed by atoms with E-state index < -0.39 is 5.41 Å². The monoisotopic (exact) mass is 214 g/mol. The van der Waals surface area contributed by atoms with Gasteiger partial charge in [-0.3, -0.25) is 4.79 Å². The maximum atomic E-state index is 11.6. The molecule has 0 aliphatic carbocycles. The van der Waals surface area contributed by atoms with Gasteiger partial charge in [0.2, 0.25) is 0 Å². The number of hydrogen-bond donors (Lipinski definition) is 0. The van der Waals surface area contributed by atoms with Crippen LogP contribution in [0.15, 0.2) is 12.7 Å². The number of carbonyl (C=O) groups excluding carboxylic acids is 1. The van der Waals surface area contributed by atoms with E-state index in [0.717, 1.165) is 0 Å². The molecule has 3 heteroatoms. The van der Waals surface area contributed by atoms with Crippen LogP contribution < -0.4 is 0 Å². The van der Waals surface area contributed by atoms with Crippen LogP contribution in [0, 0.1) is 5.41 Å². The van der Waals surface area contributed by atoms with Gasteiger partial charge in [0.05, 0.1) is 18.1 Å². The van der Waals surface area contributed by atoms with Crippen LogP contribution in [0.25, 0.3) is 0 Å². The smallest absolute Gasteiger partial charge is 0.315 e. The fourth-order valence-electron chi connectivity index (χ4n) is 1.09. The number of hydrogen-bond acceptors (Lipinski definition) is 3. The van der Waals surface area contributed by atoms with E-state index in [2.05, 4.69) is 6.58 Å². The standard InChI is InChI=1S/C12H22O3/c1-6-12(5,11(13)14-7-2)8-9-15-10(3)4/h6,10H,1,7-9H2,2-5H3.